The van der Waals surface area contributed by atoms with Crippen LogP contribution >= 0.6 is 0 Å². The van der Waals surface area contributed by atoms with E-state index in [0.29, 0.717) is 5.69 Å². The molecule has 3 aromatic rings. The first-order chi connectivity index (χ1) is 15.0. The smallest absolute Gasteiger partial charge is 0.230 e. The fourth-order valence-corrected chi connectivity index (χ4v) is 4.84. The van der Waals surface area contributed by atoms with Gasteiger partial charge in [0.05, 0.1) is 18.1 Å². The topological polar surface area (TPSA) is 51.2 Å². The number of hydrogen-bond acceptors (Lipinski definition) is 3. The minimum Gasteiger partial charge on any atom is -0.373 e. The second kappa shape index (κ2) is 7.85. The van der Waals surface area contributed by atoms with E-state index in [2.05, 4.69) is 10.3 Å². The molecule has 4 atom stereocenters. The zero-order chi connectivity index (χ0) is 21.5. The lowest BCUT2D eigenvalue weighted by atomic mass is 9.76. The fraction of sp³-hybridized carbons (Fsp3) is 0.280. The minimum absolute atomic E-state index is 0.0322. The monoisotopic (exact) mass is 420 g/mol. The second-order valence-electron chi connectivity index (χ2n) is 8.26. The van der Waals surface area contributed by atoms with Crippen LogP contribution in [0.1, 0.15) is 30.0 Å². The molecule has 0 saturated carbocycles. The Morgan fingerprint density at radius 2 is 1.77 bits per heavy atom. The van der Waals surface area contributed by atoms with Gasteiger partial charge in [-0.2, -0.15) is 0 Å². The summed E-state index contributed by atoms with van der Waals surface area (Å²) < 4.78 is 34.8. The summed E-state index contributed by atoms with van der Waals surface area (Å²) in [6.45, 7) is 1.99. The summed E-state index contributed by atoms with van der Waals surface area (Å²) in [6, 6.07) is 14.3. The molecular weight excluding hydrogens is 398 g/mol. The lowest BCUT2D eigenvalue weighted by Gasteiger charge is -2.27. The van der Waals surface area contributed by atoms with Crippen LogP contribution in [-0.2, 0) is 9.53 Å². The number of fused-ring (bicyclic) bond motifs is 2. The Bertz CT molecular complexity index is 1150. The van der Waals surface area contributed by atoms with Crippen molar-refractivity contribution in [3.63, 3.8) is 0 Å². The van der Waals surface area contributed by atoms with E-state index in [-0.39, 0.29) is 41.1 Å². The molecule has 4 nitrogen and oxygen atoms in total. The first-order valence-corrected chi connectivity index (χ1v) is 10.4. The highest BCUT2D eigenvalue weighted by Gasteiger charge is 2.53. The van der Waals surface area contributed by atoms with Crippen molar-refractivity contribution in [2.45, 2.75) is 37.9 Å². The normalized spacial score (nSPS) is 24.4. The van der Waals surface area contributed by atoms with Crippen molar-refractivity contribution < 1.29 is 18.3 Å². The first-order valence-electron chi connectivity index (χ1n) is 10.4. The molecule has 2 aromatic carbocycles. The molecule has 31 heavy (non-hydrogen) atoms. The molecule has 0 aliphatic carbocycles. The Labute approximate surface area is 179 Å². The number of aryl methyl sites for hydroxylation is 1. The number of carbonyl (C=O) groups excluding carboxylic acids is 1. The Morgan fingerprint density at radius 3 is 2.55 bits per heavy atom. The number of aromatic nitrogens is 1. The highest BCUT2D eigenvalue weighted by atomic mass is 19.1. The van der Waals surface area contributed by atoms with Gasteiger partial charge in [-0.05, 0) is 61.7 Å². The molecule has 2 fully saturated rings. The van der Waals surface area contributed by atoms with Gasteiger partial charge >= 0.3 is 0 Å². The summed E-state index contributed by atoms with van der Waals surface area (Å²) in [4.78, 5) is 17.7. The molecule has 5 rings (SSSR count). The second-order valence-corrected chi connectivity index (χ2v) is 8.26. The minimum atomic E-state index is -0.594. The SMILES string of the molecule is Cc1ccnc([C@H]2[C@H](C(=O)Nc3ccc(-c4ccccc4F)c(F)c3)[C@H]3CC[C@@H]2O3)c1. The van der Waals surface area contributed by atoms with Gasteiger partial charge in [0, 0.05) is 34.6 Å². The number of carbonyl (C=O) groups is 1. The Hall–Kier alpha value is -3.12. The van der Waals surface area contributed by atoms with Crippen LogP contribution in [0.3, 0.4) is 0 Å². The van der Waals surface area contributed by atoms with Gasteiger partial charge in [-0.1, -0.05) is 18.2 Å². The van der Waals surface area contributed by atoms with Gasteiger partial charge < -0.3 is 10.1 Å². The number of anilines is 1. The third-order valence-electron chi connectivity index (χ3n) is 6.25. The van der Waals surface area contributed by atoms with Gasteiger partial charge in [-0.25, -0.2) is 8.78 Å². The molecule has 2 aliphatic rings. The molecule has 0 unspecified atom stereocenters. The van der Waals surface area contributed by atoms with E-state index in [4.69, 9.17) is 4.74 Å². The van der Waals surface area contributed by atoms with Crippen LogP contribution in [0.4, 0.5) is 14.5 Å². The van der Waals surface area contributed by atoms with Crippen molar-refractivity contribution in [1.29, 1.82) is 0 Å². The van der Waals surface area contributed by atoms with E-state index in [0.717, 1.165) is 24.1 Å². The molecule has 0 radical (unpaired) electrons. The van der Waals surface area contributed by atoms with Crippen molar-refractivity contribution in [3.8, 4) is 11.1 Å². The van der Waals surface area contributed by atoms with Gasteiger partial charge in [-0.3, -0.25) is 9.78 Å². The highest BCUT2D eigenvalue weighted by molar-refractivity contribution is 5.94. The fourth-order valence-electron chi connectivity index (χ4n) is 4.84. The van der Waals surface area contributed by atoms with E-state index < -0.39 is 11.6 Å². The van der Waals surface area contributed by atoms with Crippen molar-refractivity contribution in [1.82, 2.24) is 4.98 Å². The van der Waals surface area contributed by atoms with Crippen LogP contribution in [0.2, 0.25) is 0 Å². The lowest BCUT2D eigenvalue weighted by molar-refractivity contribution is -0.121. The standard InChI is InChI=1S/C25H22F2N2O2/c1-14-10-11-28-20(12-14)23-21-8-9-22(31-21)24(23)25(30)29-15-6-7-17(19(27)13-15)16-4-2-3-5-18(16)26/h2-7,10-13,21-24H,8-9H2,1H3,(H,29,30)/t21-,22+,23+,24+/m0/s1. The molecule has 158 valence electrons. The molecule has 6 heteroatoms. The van der Waals surface area contributed by atoms with Gasteiger partial charge in [0.1, 0.15) is 11.6 Å². The average molecular weight is 420 g/mol. The maximum atomic E-state index is 14.7. The summed E-state index contributed by atoms with van der Waals surface area (Å²) in [5.41, 5.74) is 2.61. The maximum Gasteiger partial charge on any atom is 0.230 e. The van der Waals surface area contributed by atoms with E-state index in [1.54, 1.807) is 24.4 Å². The van der Waals surface area contributed by atoms with Crippen LogP contribution in [0.5, 0.6) is 0 Å². The molecule has 1 amide bonds. The van der Waals surface area contributed by atoms with Crippen LogP contribution in [0.25, 0.3) is 11.1 Å². The van der Waals surface area contributed by atoms with E-state index in [9.17, 15) is 13.6 Å². The molecule has 3 heterocycles. The van der Waals surface area contributed by atoms with Gasteiger partial charge in [-0.15, -0.1) is 0 Å². The molecule has 1 N–H and O–H groups in total. The molecular formula is C25H22F2N2O2. The quantitative estimate of drug-likeness (QED) is 0.628. The first kappa shape index (κ1) is 19.8. The molecule has 2 aliphatic heterocycles. The molecule has 1 aromatic heterocycles. The van der Waals surface area contributed by atoms with Crippen LogP contribution in [0.15, 0.2) is 60.8 Å². The summed E-state index contributed by atoms with van der Waals surface area (Å²) >= 11 is 0. The van der Waals surface area contributed by atoms with Crippen LogP contribution < -0.4 is 5.32 Å². The van der Waals surface area contributed by atoms with Crippen molar-refractivity contribution in [2.75, 3.05) is 5.32 Å². The van der Waals surface area contributed by atoms with Crippen LogP contribution in [0, 0.1) is 24.5 Å². The van der Waals surface area contributed by atoms with E-state index in [1.807, 2.05) is 19.1 Å². The number of nitrogens with zero attached hydrogens (tertiary/aromatic N) is 1. The Morgan fingerprint density at radius 1 is 1.00 bits per heavy atom. The average Bonchev–Trinajstić information content (AvgIpc) is 3.36. The number of hydrogen-bond donors (Lipinski definition) is 1. The summed E-state index contributed by atoms with van der Waals surface area (Å²) in [6.07, 6.45) is 3.28. The number of halogens is 2. The van der Waals surface area contributed by atoms with Gasteiger partial charge in [0.15, 0.2) is 0 Å². The molecule has 2 saturated heterocycles. The predicted octanol–water partition coefficient (Wildman–Crippen LogP) is 5.23. The van der Waals surface area contributed by atoms with E-state index >= 15 is 0 Å². The molecule has 0 spiro atoms. The zero-order valence-corrected chi connectivity index (χ0v) is 17.0. The van der Waals surface area contributed by atoms with Crippen molar-refractivity contribution >= 4 is 11.6 Å². The third kappa shape index (κ3) is 3.61. The number of pyridine rings is 1. The predicted molar refractivity (Wildman–Crippen MR) is 114 cm³/mol. The van der Waals surface area contributed by atoms with Crippen molar-refractivity contribution in [3.05, 3.63) is 83.7 Å². The summed E-state index contributed by atoms with van der Waals surface area (Å²) in [5, 5.41) is 2.84. The maximum absolute atomic E-state index is 14.7. The third-order valence-corrected chi connectivity index (χ3v) is 6.25. The van der Waals surface area contributed by atoms with Crippen LogP contribution in [-0.4, -0.2) is 23.1 Å². The Kier molecular flexibility index (Phi) is 5.02. The van der Waals surface area contributed by atoms with E-state index in [1.165, 1.54) is 24.3 Å². The van der Waals surface area contributed by atoms with Gasteiger partial charge in [0.25, 0.3) is 0 Å². The van der Waals surface area contributed by atoms with Gasteiger partial charge in [0.2, 0.25) is 5.91 Å². The number of nitrogens with one attached hydrogen (secondary N) is 1. The number of ether oxygens (including phenoxy) is 1. The number of benzene rings is 2. The largest absolute Gasteiger partial charge is 0.373 e. The lowest BCUT2D eigenvalue weighted by Crippen LogP contribution is -2.36. The molecule has 2 bridgehead atoms. The summed E-state index contributed by atoms with van der Waals surface area (Å²) in [5.74, 6) is -1.81. The number of amides is 1. The number of rotatable bonds is 4. The summed E-state index contributed by atoms with van der Waals surface area (Å²) in [7, 11) is 0. The Balaban J connectivity index is 1.39. The van der Waals surface area contributed by atoms with Crippen molar-refractivity contribution in [2.24, 2.45) is 5.92 Å². The zero-order valence-electron chi connectivity index (χ0n) is 17.0. The highest BCUT2D eigenvalue weighted by Crippen LogP contribution is 2.48.